The number of aryl methyl sites for hydroxylation is 1. The summed E-state index contributed by atoms with van der Waals surface area (Å²) in [6.45, 7) is 2.66. The van der Waals surface area contributed by atoms with Crippen LogP contribution >= 0.6 is 0 Å². The highest BCUT2D eigenvalue weighted by molar-refractivity contribution is 5.79. The smallest absolute Gasteiger partial charge is 0.226 e. The van der Waals surface area contributed by atoms with E-state index < -0.39 is 0 Å². The highest BCUT2D eigenvalue weighted by atomic mass is 19.1. The van der Waals surface area contributed by atoms with E-state index in [1.807, 2.05) is 15.9 Å². The van der Waals surface area contributed by atoms with Crippen molar-refractivity contribution in [1.82, 2.24) is 14.9 Å². The lowest BCUT2D eigenvalue weighted by Crippen LogP contribution is -2.51. The number of aromatic nitrogens is 2. The SMILES string of the molecule is O=C([C@H]1CCc2nc[nH]c2C1)N1CCN(c2ccccc2F)CC1. The monoisotopic (exact) mass is 328 g/mol. The number of anilines is 1. The Morgan fingerprint density at radius 3 is 2.79 bits per heavy atom. The van der Waals surface area contributed by atoms with E-state index in [0.717, 1.165) is 30.7 Å². The van der Waals surface area contributed by atoms with E-state index in [-0.39, 0.29) is 17.6 Å². The van der Waals surface area contributed by atoms with Crippen LogP contribution in [0.1, 0.15) is 17.8 Å². The number of aromatic amines is 1. The summed E-state index contributed by atoms with van der Waals surface area (Å²) in [5, 5.41) is 0. The number of imidazole rings is 1. The standard InChI is InChI=1S/C18H21FN4O/c19-14-3-1-2-4-17(14)22-7-9-23(10-8-22)18(24)13-5-6-15-16(11-13)21-12-20-15/h1-4,12-13H,5-11H2,(H,20,21)/t13-/m0/s1. The fraction of sp³-hybridized carbons (Fsp3) is 0.444. The van der Waals surface area contributed by atoms with Gasteiger partial charge in [0.05, 0.1) is 17.7 Å². The molecule has 1 aromatic heterocycles. The molecule has 0 saturated carbocycles. The van der Waals surface area contributed by atoms with Gasteiger partial charge in [0, 0.05) is 44.2 Å². The summed E-state index contributed by atoms with van der Waals surface area (Å²) in [5.74, 6) is 0.0673. The molecule has 2 aliphatic rings. The molecule has 5 nitrogen and oxygen atoms in total. The van der Waals surface area contributed by atoms with Gasteiger partial charge in [0.1, 0.15) is 5.82 Å². The van der Waals surface area contributed by atoms with E-state index in [4.69, 9.17) is 0 Å². The number of halogens is 1. The zero-order valence-electron chi connectivity index (χ0n) is 13.5. The molecule has 1 atom stereocenters. The number of carbonyl (C=O) groups is 1. The minimum absolute atomic E-state index is 0.0398. The largest absolute Gasteiger partial charge is 0.366 e. The number of hydrogen-bond acceptors (Lipinski definition) is 3. The first kappa shape index (κ1) is 15.2. The Hall–Kier alpha value is -2.37. The lowest BCUT2D eigenvalue weighted by Gasteiger charge is -2.38. The van der Waals surface area contributed by atoms with Gasteiger partial charge in [0.2, 0.25) is 5.91 Å². The first-order valence-electron chi connectivity index (χ1n) is 8.52. The number of benzene rings is 1. The molecule has 2 aromatic rings. The molecular weight excluding hydrogens is 307 g/mol. The zero-order valence-corrected chi connectivity index (χ0v) is 13.5. The van der Waals surface area contributed by atoms with Crippen molar-refractivity contribution in [2.45, 2.75) is 19.3 Å². The van der Waals surface area contributed by atoms with Gasteiger partial charge in [-0.25, -0.2) is 9.37 Å². The summed E-state index contributed by atoms with van der Waals surface area (Å²) in [5.41, 5.74) is 2.83. The molecule has 6 heteroatoms. The Balaban J connectivity index is 1.38. The second-order valence-electron chi connectivity index (χ2n) is 6.53. The van der Waals surface area contributed by atoms with Gasteiger partial charge in [0.25, 0.3) is 0 Å². The molecule has 1 N–H and O–H groups in total. The topological polar surface area (TPSA) is 52.2 Å². The van der Waals surface area contributed by atoms with E-state index >= 15 is 0 Å². The lowest BCUT2D eigenvalue weighted by atomic mass is 9.88. The number of piperazine rings is 1. The van der Waals surface area contributed by atoms with Crippen molar-refractivity contribution in [3.05, 3.63) is 47.8 Å². The Labute approximate surface area is 140 Å². The van der Waals surface area contributed by atoms with E-state index in [2.05, 4.69) is 9.97 Å². The number of fused-ring (bicyclic) bond motifs is 1. The predicted molar refractivity (Wildman–Crippen MR) is 89.3 cm³/mol. The number of carbonyl (C=O) groups excluding carboxylic acids is 1. The van der Waals surface area contributed by atoms with Crippen molar-refractivity contribution in [2.24, 2.45) is 5.92 Å². The number of amides is 1. The van der Waals surface area contributed by atoms with Gasteiger partial charge < -0.3 is 14.8 Å². The first-order chi connectivity index (χ1) is 11.7. The summed E-state index contributed by atoms with van der Waals surface area (Å²) in [6.07, 6.45) is 4.20. The van der Waals surface area contributed by atoms with Crippen LogP contribution in [0.3, 0.4) is 0 Å². The highest BCUT2D eigenvalue weighted by Crippen LogP contribution is 2.26. The molecule has 1 aromatic carbocycles. The van der Waals surface area contributed by atoms with Crippen molar-refractivity contribution < 1.29 is 9.18 Å². The van der Waals surface area contributed by atoms with Crippen molar-refractivity contribution in [3.63, 3.8) is 0 Å². The molecule has 1 fully saturated rings. The van der Waals surface area contributed by atoms with Crippen LogP contribution in [0.2, 0.25) is 0 Å². The number of H-pyrrole nitrogens is 1. The van der Waals surface area contributed by atoms with Crippen LogP contribution in [-0.2, 0) is 17.6 Å². The number of para-hydroxylation sites is 1. The van der Waals surface area contributed by atoms with E-state index in [1.54, 1.807) is 18.5 Å². The maximum absolute atomic E-state index is 13.9. The van der Waals surface area contributed by atoms with Crippen molar-refractivity contribution >= 4 is 11.6 Å². The molecule has 126 valence electrons. The Morgan fingerprint density at radius 2 is 2.00 bits per heavy atom. The van der Waals surface area contributed by atoms with E-state index in [1.165, 1.54) is 6.07 Å². The molecule has 0 spiro atoms. The molecule has 1 saturated heterocycles. The van der Waals surface area contributed by atoms with Gasteiger partial charge in [-0.15, -0.1) is 0 Å². The molecule has 4 rings (SSSR count). The van der Waals surface area contributed by atoms with Crippen LogP contribution in [0.25, 0.3) is 0 Å². The molecule has 1 amide bonds. The minimum atomic E-state index is -0.198. The predicted octanol–water partition coefficient (Wildman–Crippen LogP) is 2.00. The fourth-order valence-electron chi connectivity index (χ4n) is 3.75. The van der Waals surface area contributed by atoms with Crippen molar-refractivity contribution in [2.75, 3.05) is 31.1 Å². The molecule has 1 aliphatic carbocycles. The molecule has 0 radical (unpaired) electrons. The summed E-state index contributed by atoms with van der Waals surface area (Å²) < 4.78 is 13.9. The van der Waals surface area contributed by atoms with Gasteiger partial charge in [-0.2, -0.15) is 0 Å². The Morgan fingerprint density at radius 1 is 1.21 bits per heavy atom. The van der Waals surface area contributed by atoms with Gasteiger partial charge in [-0.05, 0) is 25.0 Å². The van der Waals surface area contributed by atoms with Gasteiger partial charge in [-0.3, -0.25) is 4.79 Å². The third kappa shape index (κ3) is 2.77. The highest BCUT2D eigenvalue weighted by Gasteiger charge is 2.31. The maximum atomic E-state index is 13.9. The normalized spacial score (nSPS) is 20.8. The van der Waals surface area contributed by atoms with Crippen LogP contribution in [0, 0.1) is 11.7 Å². The third-order valence-corrected chi connectivity index (χ3v) is 5.12. The molecule has 0 bridgehead atoms. The first-order valence-corrected chi connectivity index (χ1v) is 8.52. The second kappa shape index (κ2) is 6.26. The van der Waals surface area contributed by atoms with Crippen LogP contribution in [0.15, 0.2) is 30.6 Å². The average molecular weight is 328 g/mol. The quantitative estimate of drug-likeness (QED) is 0.917. The second-order valence-corrected chi connectivity index (χ2v) is 6.53. The van der Waals surface area contributed by atoms with Crippen LogP contribution in [0.4, 0.5) is 10.1 Å². The summed E-state index contributed by atoms with van der Waals surface area (Å²) >= 11 is 0. The van der Waals surface area contributed by atoms with Crippen LogP contribution < -0.4 is 4.90 Å². The third-order valence-electron chi connectivity index (χ3n) is 5.12. The number of nitrogens with zero attached hydrogens (tertiary/aromatic N) is 3. The van der Waals surface area contributed by atoms with E-state index in [0.29, 0.717) is 31.9 Å². The Kier molecular flexibility index (Phi) is 3.96. The molecule has 0 unspecified atom stereocenters. The van der Waals surface area contributed by atoms with Gasteiger partial charge >= 0.3 is 0 Å². The lowest BCUT2D eigenvalue weighted by molar-refractivity contribution is -0.136. The van der Waals surface area contributed by atoms with Gasteiger partial charge in [-0.1, -0.05) is 12.1 Å². The molecular formula is C18H21FN4O. The van der Waals surface area contributed by atoms with Gasteiger partial charge in [0.15, 0.2) is 0 Å². The molecule has 24 heavy (non-hydrogen) atoms. The van der Waals surface area contributed by atoms with E-state index in [9.17, 15) is 9.18 Å². The van der Waals surface area contributed by atoms with Crippen molar-refractivity contribution in [1.29, 1.82) is 0 Å². The Bertz CT molecular complexity index is 736. The number of hydrogen-bond donors (Lipinski definition) is 1. The van der Waals surface area contributed by atoms with Crippen LogP contribution in [0.5, 0.6) is 0 Å². The summed E-state index contributed by atoms with van der Waals surface area (Å²) in [6, 6.07) is 6.83. The fourth-order valence-corrected chi connectivity index (χ4v) is 3.75. The summed E-state index contributed by atoms with van der Waals surface area (Å²) in [4.78, 5) is 24.2. The average Bonchev–Trinajstić information content (AvgIpc) is 3.09. The maximum Gasteiger partial charge on any atom is 0.226 e. The van der Waals surface area contributed by atoms with Crippen molar-refractivity contribution in [3.8, 4) is 0 Å². The molecule has 1 aliphatic heterocycles. The van der Waals surface area contributed by atoms with Crippen LogP contribution in [-0.4, -0.2) is 47.0 Å². The zero-order chi connectivity index (χ0) is 16.5. The number of rotatable bonds is 2. The summed E-state index contributed by atoms with van der Waals surface area (Å²) in [7, 11) is 0. The minimum Gasteiger partial charge on any atom is -0.366 e. The number of nitrogens with one attached hydrogen (secondary N) is 1. The molecule has 2 heterocycles.